The number of nitrogens with zero attached hydrogens (tertiary/aromatic N) is 4. The Morgan fingerprint density at radius 1 is 1.14 bits per heavy atom. The van der Waals surface area contributed by atoms with E-state index in [0.717, 1.165) is 34.9 Å². The second kappa shape index (κ2) is 10.2. The molecular formula is C27H29N5O4. The third-order valence-electron chi connectivity index (χ3n) is 7.08. The van der Waals surface area contributed by atoms with Gasteiger partial charge >= 0.3 is 0 Å². The SMILES string of the molecule is COc1ccccc1N1CCN2c3ccc([N+](=O)[O-])cc3C[C@H](C(=O)NCCc3ccccn3)[C@@H]2C1. The maximum absolute atomic E-state index is 13.5. The number of anilines is 2. The number of carbonyl (C=O) groups excluding carboxylic acids is 1. The number of para-hydroxylation sites is 2. The summed E-state index contributed by atoms with van der Waals surface area (Å²) in [4.78, 5) is 33.4. The first-order chi connectivity index (χ1) is 17.5. The molecule has 1 saturated heterocycles. The Balaban J connectivity index is 1.41. The van der Waals surface area contributed by atoms with Crippen molar-refractivity contribution >= 4 is 23.0 Å². The lowest BCUT2D eigenvalue weighted by molar-refractivity contribution is -0.384. The molecule has 2 aliphatic rings. The lowest BCUT2D eigenvalue weighted by Gasteiger charge is -2.49. The van der Waals surface area contributed by atoms with Crippen LogP contribution < -0.4 is 19.9 Å². The van der Waals surface area contributed by atoms with Crippen molar-refractivity contribution in [2.45, 2.75) is 18.9 Å². The number of fused-ring (bicyclic) bond motifs is 3. The highest BCUT2D eigenvalue weighted by Gasteiger charge is 2.42. The van der Waals surface area contributed by atoms with E-state index in [-0.39, 0.29) is 28.5 Å². The summed E-state index contributed by atoms with van der Waals surface area (Å²) >= 11 is 0. The molecule has 3 heterocycles. The fourth-order valence-electron chi connectivity index (χ4n) is 5.32. The Morgan fingerprint density at radius 2 is 1.97 bits per heavy atom. The van der Waals surface area contributed by atoms with Crippen LogP contribution in [0.2, 0.25) is 0 Å². The molecule has 0 spiro atoms. The number of pyridine rings is 1. The number of nitro groups is 1. The van der Waals surface area contributed by atoms with Crippen molar-refractivity contribution in [2.24, 2.45) is 5.92 Å². The van der Waals surface area contributed by atoms with Crippen molar-refractivity contribution in [3.8, 4) is 5.75 Å². The Hall–Kier alpha value is -4.14. The molecular weight excluding hydrogens is 458 g/mol. The number of rotatable bonds is 7. The molecule has 1 amide bonds. The molecule has 0 saturated carbocycles. The van der Waals surface area contributed by atoms with Crippen molar-refractivity contribution in [1.82, 2.24) is 10.3 Å². The first-order valence-electron chi connectivity index (χ1n) is 12.1. The van der Waals surface area contributed by atoms with E-state index >= 15 is 0 Å². The molecule has 2 aromatic carbocycles. The molecule has 186 valence electrons. The van der Waals surface area contributed by atoms with Crippen molar-refractivity contribution in [3.63, 3.8) is 0 Å². The van der Waals surface area contributed by atoms with Gasteiger partial charge in [0.25, 0.3) is 5.69 Å². The normalized spacial score (nSPS) is 18.7. The summed E-state index contributed by atoms with van der Waals surface area (Å²) in [5, 5.41) is 14.5. The molecule has 1 fully saturated rings. The van der Waals surface area contributed by atoms with Gasteiger partial charge in [-0.1, -0.05) is 18.2 Å². The van der Waals surface area contributed by atoms with E-state index in [4.69, 9.17) is 4.74 Å². The number of nitro benzene ring substituents is 1. The number of piperazine rings is 1. The molecule has 9 nitrogen and oxygen atoms in total. The maximum atomic E-state index is 13.5. The predicted octanol–water partition coefficient (Wildman–Crippen LogP) is 3.22. The summed E-state index contributed by atoms with van der Waals surface area (Å²) in [6, 6.07) is 18.6. The van der Waals surface area contributed by atoms with Crippen LogP contribution in [0.25, 0.3) is 0 Å². The Kier molecular flexibility index (Phi) is 6.71. The average Bonchev–Trinajstić information content (AvgIpc) is 2.92. The second-order valence-electron chi connectivity index (χ2n) is 9.12. The summed E-state index contributed by atoms with van der Waals surface area (Å²) in [5.74, 6) is 0.412. The Labute approximate surface area is 209 Å². The van der Waals surface area contributed by atoms with Gasteiger partial charge in [0.1, 0.15) is 5.75 Å². The second-order valence-corrected chi connectivity index (χ2v) is 9.12. The number of hydrogen-bond donors (Lipinski definition) is 1. The van der Waals surface area contributed by atoms with Gasteiger partial charge in [0.05, 0.1) is 29.7 Å². The molecule has 1 aromatic heterocycles. The number of benzene rings is 2. The van der Waals surface area contributed by atoms with E-state index in [9.17, 15) is 14.9 Å². The van der Waals surface area contributed by atoms with Gasteiger partial charge in [-0.3, -0.25) is 19.9 Å². The minimum atomic E-state index is -0.381. The van der Waals surface area contributed by atoms with Gasteiger partial charge in [-0.25, -0.2) is 0 Å². The van der Waals surface area contributed by atoms with E-state index < -0.39 is 0 Å². The van der Waals surface area contributed by atoms with E-state index in [1.54, 1.807) is 25.4 Å². The van der Waals surface area contributed by atoms with Crippen molar-refractivity contribution in [3.05, 3.63) is 88.2 Å². The van der Waals surface area contributed by atoms with Crippen LogP contribution in [0.15, 0.2) is 66.9 Å². The van der Waals surface area contributed by atoms with E-state index in [1.165, 1.54) is 0 Å². The van der Waals surface area contributed by atoms with Crippen LogP contribution in [0.3, 0.4) is 0 Å². The molecule has 5 rings (SSSR count). The lowest BCUT2D eigenvalue weighted by Crippen LogP contribution is -2.61. The number of non-ortho nitro benzene ring substituents is 1. The highest BCUT2D eigenvalue weighted by molar-refractivity contribution is 5.82. The third-order valence-corrected chi connectivity index (χ3v) is 7.08. The zero-order chi connectivity index (χ0) is 25.1. The Morgan fingerprint density at radius 3 is 2.75 bits per heavy atom. The van der Waals surface area contributed by atoms with Crippen molar-refractivity contribution in [2.75, 3.05) is 43.1 Å². The zero-order valence-electron chi connectivity index (χ0n) is 20.2. The molecule has 2 aliphatic heterocycles. The predicted molar refractivity (Wildman–Crippen MR) is 138 cm³/mol. The topological polar surface area (TPSA) is 101 Å². The fraction of sp³-hybridized carbons (Fsp3) is 0.333. The van der Waals surface area contributed by atoms with Crippen LogP contribution in [-0.2, 0) is 17.6 Å². The number of nitrogens with one attached hydrogen (secondary N) is 1. The van der Waals surface area contributed by atoms with E-state index in [0.29, 0.717) is 32.5 Å². The molecule has 0 aliphatic carbocycles. The summed E-state index contributed by atoms with van der Waals surface area (Å²) in [6.07, 6.45) is 2.84. The van der Waals surface area contributed by atoms with Crippen LogP contribution in [-0.4, -0.2) is 55.1 Å². The van der Waals surface area contributed by atoms with Gasteiger partial charge in [-0.15, -0.1) is 0 Å². The summed E-state index contributed by atoms with van der Waals surface area (Å²) < 4.78 is 5.59. The van der Waals surface area contributed by atoms with Crippen LogP contribution in [0.5, 0.6) is 5.75 Å². The number of methoxy groups -OCH3 is 1. The molecule has 2 atom stereocenters. The summed E-state index contributed by atoms with van der Waals surface area (Å²) in [7, 11) is 1.66. The molecule has 0 unspecified atom stereocenters. The summed E-state index contributed by atoms with van der Waals surface area (Å²) in [6.45, 7) is 2.58. The van der Waals surface area contributed by atoms with Crippen molar-refractivity contribution in [1.29, 1.82) is 0 Å². The Bertz CT molecular complexity index is 1250. The van der Waals surface area contributed by atoms with Gasteiger partial charge in [-0.2, -0.15) is 0 Å². The number of amides is 1. The van der Waals surface area contributed by atoms with Gasteiger partial charge in [0.2, 0.25) is 5.91 Å². The van der Waals surface area contributed by atoms with Crippen LogP contribution in [0.4, 0.5) is 17.1 Å². The van der Waals surface area contributed by atoms with Gasteiger partial charge in [-0.05, 0) is 42.3 Å². The summed E-state index contributed by atoms with van der Waals surface area (Å²) in [5.41, 5.74) is 3.79. The molecule has 0 radical (unpaired) electrons. The van der Waals surface area contributed by atoms with E-state index in [1.807, 2.05) is 48.5 Å². The quantitative estimate of drug-likeness (QED) is 0.403. The highest BCUT2D eigenvalue weighted by atomic mass is 16.6. The minimum Gasteiger partial charge on any atom is -0.495 e. The monoisotopic (exact) mass is 487 g/mol. The number of aromatic nitrogens is 1. The molecule has 0 bridgehead atoms. The standard InChI is InChI=1S/C27H29N5O4/c1-36-26-8-3-2-7-24(26)30-14-15-31-23-10-9-21(32(34)35)16-19(23)17-22(25(31)18-30)27(33)29-13-11-20-6-4-5-12-28-20/h2-10,12,16,22,25H,11,13-15,17-18H2,1H3,(H,29,33)/t22-,25-/m0/s1. The highest BCUT2D eigenvalue weighted by Crippen LogP contribution is 2.39. The number of ether oxygens (including phenoxy) is 1. The number of hydrogen-bond acceptors (Lipinski definition) is 7. The maximum Gasteiger partial charge on any atom is 0.269 e. The van der Waals surface area contributed by atoms with Gasteiger partial charge < -0.3 is 19.9 Å². The van der Waals surface area contributed by atoms with Gasteiger partial charge in [0.15, 0.2) is 0 Å². The molecule has 3 aromatic rings. The first-order valence-corrected chi connectivity index (χ1v) is 12.1. The minimum absolute atomic E-state index is 0.0417. The lowest BCUT2D eigenvalue weighted by atomic mass is 9.83. The molecule has 36 heavy (non-hydrogen) atoms. The zero-order valence-corrected chi connectivity index (χ0v) is 20.2. The average molecular weight is 488 g/mol. The van der Waals surface area contributed by atoms with Crippen LogP contribution in [0, 0.1) is 16.0 Å². The third kappa shape index (κ3) is 4.68. The molecule has 9 heteroatoms. The first kappa shape index (κ1) is 23.6. The largest absolute Gasteiger partial charge is 0.495 e. The molecule has 1 N–H and O–H groups in total. The van der Waals surface area contributed by atoms with Crippen molar-refractivity contribution < 1.29 is 14.5 Å². The van der Waals surface area contributed by atoms with Crippen LogP contribution in [0.1, 0.15) is 11.3 Å². The fourth-order valence-corrected chi connectivity index (χ4v) is 5.32. The van der Waals surface area contributed by atoms with E-state index in [2.05, 4.69) is 20.1 Å². The number of carbonyl (C=O) groups is 1. The van der Waals surface area contributed by atoms with Gasteiger partial charge in [0, 0.05) is 62.3 Å². The van der Waals surface area contributed by atoms with Crippen LogP contribution >= 0.6 is 0 Å². The smallest absolute Gasteiger partial charge is 0.269 e.